The number of amides is 1. The van der Waals surface area contributed by atoms with Gasteiger partial charge in [0.05, 0.1) is 5.69 Å². The van der Waals surface area contributed by atoms with Crippen molar-refractivity contribution in [3.63, 3.8) is 0 Å². The van der Waals surface area contributed by atoms with Gasteiger partial charge in [0.1, 0.15) is 0 Å². The van der Waals surface area contributed by atoms with E-state index < -0.39 is 0 Å². The van der Waals surface area contributed by atoms with Gasteiger partial charge in [-0.1, -0.05) is 19.3 Å². The standard InChI is InChI=1S/C16H22Br2N2O/c1-11-8-12(17)15(13(18)9-11)20-14(21)10-16(19-2)6-4-3-5-7-16/h8-9,19H,3-7,10H2,1-2H3,(H,20,21). The van der Waals surface area contributed by atoms with Crippen LogP contribution in [0.1, 0.15) is 44.1 Å². The van der Waals surface area contributed by atoms with Crippen molar-refractivity contribution in [3.8, 4) is 0 Å². The predicted octanol–water partition coefficient (Wildman–Crippen LogP) is 4.77. The zero-order chi connectivity index (χ0) is 15.5. The van der Waals surface area contributed by atoms with Crippen LogP contribution in [0.3, 0.4) is 0 Å². The molecule has 0 bridgehead atoms. The first kappa shape index (κ1) is 17.0. The molecule has 1 aromatic carbocycles. The molecule has 5 heteroatoms. The van der Waals surface area contributed by atoms with Crippen molar-refractivity contribution in [1.82, 2.24) is 5.32 Å². The number of nitrogens with one attached hydrogen (secondary N) is 2. The van der Waals surface area contributed by atoms with E-state index in [0.29, 0.717) is 6.42 Å². The summed E-state index contributed by atoms with van der Waals surface area (Å²) in [5.41, 5.74) is 1.92. The maximum Gasteiger partial charge on any atom is 0.226 e. The molecule has 1 amide bonds. The number of benzene rings is 1. The number of rotatable bonds is 4. The lowest BCUT2D eigenvalue weighted by Gasteiger charge is -2.36. The second-order valence-electron chi connectivity index (χ2n) is 5.92. The summed E-state index contributed by atoms with van der Waals surface area (Å²) in [5.74, 6) is 0.0662. The van der Waals surface area contributed by atoms with Gasteiger partial charge in [-0.2, -0.15) is 0 Å². The van der Waals surface area contributed by atoms with E-state index in [9.17, 15) is 4.79 Å². The topological polar surface area (TPSA) is 41.1 Å². The van der Waals surface area contributed by atoms with Gasteiger partial charge in [0.15, 0.2) is 0 Å². The summed E-state index contributed by atoms with van der Waals surface area (Å²) in [4.78, 5) is 12.4. The maximum absolute atomic E-state index is 12.4. The molecule has 1 aliphatic carbocycles. The van der Waals surface area contributed by atoms with E-state index in [1.807, 2.05) is 26.1 Å². The zero-order valence-electron chi connectivity index (χ0n) is 12.6. The Bertz CT molecular complexity index is 502. The fourth-order valence-electron chi connectivity index (χ4n) is 3.05. The molecule has 1 fully saturated rings. The fraction of sp³-hybridized carbons (Fsp3) is 0.562. The molecule has 0 spiro atoms. The summed E-state index contributed by atoms with van der Waals surface area (Å²) in [6.07, 6.45) is 6.36. The first-order chi connectivity index (χ1) is 9.96. The lowest BCUT2D eigenvalue weighted by Crippen LogP contribution is -2.47. The van der Waals surface area contributed by atoms with Crippen molar-refractivity contribution in [3.05, 3.63) is 26.6 Å². The molecule has 0 aliphatic heterocycles. The molecule has 2 rings (SSSR count). The summed E-state index contributed by atoms with van der Waals surface area (Å²) in [6, 6.07) is 4.02. The zero-order valence-corrected chi connectivity index (χ0v) is 15.7. The summed E-state index contributed by atoms with van der Waals surface area (Å²) < 4.78 is 1.81. The van der Waals surface area contributed by atoms with Crippen LogP contribution in [0.4, 0.5) is 5.69 Å². The Labute approximate surface area is 143 Å². The lowest BCUT2D eigenvalue weighted by molar-refractivity contribution is -0.117. The molecule has 1 aliphatic rings. The molecule has 1 aromatic rings. The van der Waals surface area contributed by atoms with Crippen LogP contribution in [0, 0.1) is 6.92 Å². The fourth-order valence-corrected chi connectivity index (χ4v) is 4.67. The molecule has 0 heterocycles. The average Bonchev–Trinajstić information content (AvgIpc) is 2.44. The van der Waals surface area contributed by atoms with E-state index >= 15 is 0 Å². The molecule has 0 unspecified atom stereocenters. The van der Waals surface area contributed by atoms with Crippen LogP contribution >= 0.6 is 31.9 Å². The summed E-state index contributed by atoms with van der Waals surface area (Å²) in [5, 5.41) is 6.43. The van der Waals surface area contributed by atoms with Gasteiger partial charge < -0.3 is 10.6 Å². The molecule has 3 nitrogen and oxygen atoms in total. The van der Waals surface area contributed by atoms with Crippen molar-refractivity contribution in [2.75, 3.05) is 12.4 Å². The summed E-state index contributed by atoms with van der Waals surface area (Å²) in [7, 11) is 1.97. The number of hydrogen-bond donors (Lipinski definition) is 2. The minimum Gasteiger partial charge on any atom is -0.324 e. The number of carbonyl (C=O) groups excluding carboxylic acids is 1. The van der Waals surface area contributed by atoms with Crippen molar-refractivity contribution >= 4 is 43.5 Å². The Kier molecular flexibility index (Phi) is 5.86. The number of anilines is 1. The maximum atomic E-state index is 12.4. The quantitative estimate of drug-likeness (QED) is 0.740. The molecule has 21 heavy (non-hydrogen) atoms. The highest BCUT2D eigenvalue weighted by atomic mass is 79.9. The van der Waals surface area contributed by atoms with E-state index in [0.717, 1.165) is 33.0 Å². The van der Waals surface area contributed by atoms with Crippen LogP contribution in [-0.4, -0.2) is 18.5 Å². The van der Waals surface area contributed by atoms with Gasteiger partial charge in [-0.05, 0) is 76.4 Å². The predicted molar refractivity (Wildman–Crippen MR) is 94.7 cm³/mol. The minimum atomic E-state index is -0.0357. The molecule has 0 aromatic heterocycles. The lowest BCUT2D eigenvalue weighted by atomic mass is 9.79. The van der Waals surface area contributed by atoms with Gasteiger partial charge in [-0.3, -0.25) is 4.79 Å². The van der Waals surface area contributed by atoms with Crippen molar-refractivity contribution in [2.45, 2.75) is 51.0 Å². The Morgan fingerprint density at radius 1 is 1.19 bits per heavy atom. The van der Waals surface area contributed by atoms with E-state index in [1.54, 1.807) is 0 Å². The number of aryl methyl sites for hydroxylation is 1. The van der Waals surface area contributed by atoms with Gasteiger partial charge in [0.25, 0.3) is 0 Å². The third kappa shape index (κ3) is 4.30. The van der Waals surface area contributed by atoms with Crippen LogP contribution in [0.15, 0.2) is 21.1 Å². The Hall–Kier alpha value is -0.390. The van der Waals surface area contributed by atoms with Gasteiger partial charge in [0, 0.05) is 20.9 Å². The first-order valence-corrected chi connectivity index (χ1v) is 8.99. The monoisotopic (exact) mass is 416 g/mol. The Morgan fingerprint density at radius 3 is 2.29 bits per heavy atom. The third-order valence-electron chi connectivity index (χ3n) is 4.29. The second kappa shape index (κ2) is 7.25. The molecule has 0 saturated heterocycles. The SMILES string of the molecule is CNC1(CC(=O)Nc2c(Br)cc(C)cc2Br)CCCCC1. The smallest absolute Gasteiger partial charge is 0.226 e. The van der Waals surface area contributed by atoms with Crippen LogP contribution in [0.25, 0.3) is 0 Å². The molecule has 2 N–H and O–H groups in total. The van der Waals surface area contributed by atoms with Crippen LogP contribution in [-0.2, 0) is 4.79 Å². The Morgan fingerprint density at radius 2 is 1.76 bits per heavy atom. The highest BCUT2D eigenvalue weighted by Gasteiger charge is 2.32. The summed E-state index contributed by atoms with van der Waals surface area (Å²) in [6.45, 7) is 2.03. The average molecular weight is 418 g/mol. The first-order valence-electron chi connectivity index (χ1n) is 7.40. The van der Waals surface area contributed by atoms with Gasteiger partial charge in [0.2, 0.25) is 5.91 Å². The Balaban J connectivity index is 2.08. The van der Waals surface area contributed by atoms with Crippen molar-refractivity contribution in [2.24, 2.45) is 0 Å². The van der Waals surface area contributed by atoms with E-state index in [1.165, 1.54) is 19.3 Å². The van der Waals surface area contributed by atoms with Crippen LogP contribution in [0.5, 0.6) is 0 Å². The molecular formula is C16H22Br2N2O. The number of hydrogen-bond acceptors (Lipinski definition) is 2. The number of halogens is 2. The van der Waals surface area contributed by atoms with Crippen molar-refractivity contribution in [1.29, 1.82) is 0 Å². The van der Waals surface area contributed by atoms with E-state index in [4.69, 9.17) is 0 Å². The molecule has 1 saturated carbocycles. The van der Waals surface area contributed by atoms with Gasteiger partial charge >= 0.3 is 0 Å². The number of carbonyl (C=O) groups is 1. The third-order valence-corrected chi connectivity index (χ3v) is 5.54. The van der Waals surface area contributed by atoms with Crippen molar-refractivity contribution < 1.29 is 4.79 Å². The highest BCUT2D eigenvalue weighted by molar-refractivity contribution is 9.11. The summed E-state index contributed by atoms with van der Waals surface area (Å²) >= 11 is 7.04. The molecular weight excluding hydrogens is 396 g/mol. The van der Waals surface area contributed by atoms with Gasteiger partial charge in [-0.25, -0.2) is 0 Å². The van der Waals surface area contributed by atoms with Crippen LogP contribution in [0.2, 0.25) is 0 Å². The molecule has 0 atom stereocenters. The van der Waals surface area contributed by atoms with Gasteiger partial charge in [-0.15, -0.1) is 0 Å². The minimum absolute atomic E-state index is 0.0357. The second-order valence-corrected chi connectivity index (χ2v) is 7.63. The largest absolute Gasteiger partial charge is 0.324 e. The molecule has 116 valence electrons. The normalized spacial score (nSPS) is 17.5. The van der Waals surface area contributed by atoms with Crippen LogP contribution < -0.4 is 10.6 Å². The van der Waals surface area contributed by atoms with E-state index in [2.05, 4.69) is 42.5 Å². The molecule has 0 radical (unpaired) electrons. The van der Waals surface area contributed by atoms with E-state index in [-0.39, 0.29) is 11.4 Å². The highest BCUT2D eigenvalue weighted by Crippen LogP contribution is 2.34.